The summed E-state index contributed by atoms with van der Waals surface area (Å²) >= 11 is 5.97. The first-order valence-corrected chi connectivity index (χ1v) is 9.83. The third-order valence-corrected chi connectivity index (χ3v) is 5.07. The lowest BCUT2D eigenvalue weighted by molar-refractivity contribution is -0.145. The minimum atomic E-state index is -0.506. The zero-order valence-corrected chi connectivity index (χ0v) is 17.1. The molecule has 3 rings (SSSR count). The number of aryl methyl sites for hydroxylation is 1. The van der Waals surface area contributed by atoms with Crippen LogP contribution in [0.25, 0.3) is 10.9 Å². The van der Waals surface area contributed by atoms with E-state index >= 15 is 0 Å². The van der Waals surface area contributed by atoms with Gasteiger partial charge < -0.3 is 9.30 Å². The van der Waals surface area contributed by atoms with Gasteiger partial charge in [-0.3, -0.25) is 9.59 Å². The van der Waals surface area contributed by atoms with Gasteiger partial charge in [-0.15, -0.1) is 0 Å². The predicted octanol–water partition coefficient (Wildman–Crippen LogP) is 5.07. The smallest absolute Gasteiger partial charge is 0.313 e. The van der Waals surface area contributed by atoms with Gasteiger partial charge in [0.05, 0.1) is 24.6 Å². The summed E-state index contributed by atoms with van der Waals surface area (Å²) in [6.07, 6.45) is 0.765. The van der Waals surface area contributed by atoms with Gasteiger partial charge in [0.2, 0.25) is 0 Å². The molecular weight excluding hydrogens is 374 g/mol. The number of benzene rings is 2. The monoisotopic (exact) mass is 397 g/mol. The zero-order valence-electron chi connectivity index (χ0n) is 16.4. The van der Waals surface area contributed by atoms with E-state index in [9.17, 15) is 9.59 Å². The summed E-state index contributed by atoms with van der Waals surface area (Å²) < 4.78 is 7.03. The van der Waals surface area contributed by atoms with E-state index < -0.39 is 5.92 Å². The van der Waals surface area contributed by atoms with Crippen LogP contribution in [0.2, 0.25) is 5.02 Å². The van der Waals surface area contributed by atoms with E-state index in [-0.39, 0.29) is 11.5 Å². The van der Waals surface area contributed by atoms with Gasteiger partial charge in [-0.1, -0.05) is 42.3 Å². The van der Waals surface area contributed by atoms with Crippen LogP contribution in [0, 0.1) is 6.92 Å². The molecule has 0 radical (unpaired) electrons. The highest BCUT2D eigenvalue weighted by Crippen LogP contribution is 2.27. The zero-order chi connectivity index (χ0) is 20.3. The summed E-state index contributed by atoms with van der Waals surface area (Å²) in [6, 6.07) is 14.9. The van der Waals surface area contributed by atoms with Crippen LogP contribution >= 0.6 is 11.6 Å². The normalized spacial score (nSPS) is 12.1. The Kier molecular flexibility index (Phi) is 6.20. The molecule has 0 aliphatic heterocycles. The van der Waals surface area contributed by atoms with E-state index in [0.29, 0.717) is 23.7 Å². The van der Waals surface area contributed by atoms with Gasteiger partial charge in [-0.05, 0) is 55.7 Å². The molecule has 4 nitrogen and oxygen atoms in total. The van der Waals surface area contributed by atoms with Gasteiger partial charge in [0.1, 0.15) is 0 Å². The third-order valence-electron chi connectivity index (χ3n) is 4.82. The predicted molar refractivity (Wildman–Crippen MR) is 113 cm³/mol. The molecule has 5 heteroatoms. The number of fused-ring (bicyclic) bond motifs is 1. The van der Waals surface area contributed by atoms with Crippen molar-refractivity contribution >= 4 is 28.5 Å². The van der Waals surface area contributed by atoms with Crippen molar-refractivity contribution in [1.29, 1.82) is 0 Å². The average Bonchev–Trinajstić information content (AvgIpc) is 2.69. The van der Waals surface area contributed by atoms with Crippen LogP contribution in [0.15, 0.2) is 53.3 Å². The Hall–Kier alpha value is -2.59. The average molecular weight is 398 g/mol. The Morgan fingerprint density at radius 2 is 1.86 bits per heavy atom. The summed E-state index contributed by atoms with van der Waals surface area (Å²) in [4.78, 5) is 25.3. The molecule has 0 bridgehead atoms. The second-order valence-corrected chi connectivity index (χ2v) is 7.50. The lowest BCUT2D eigenvalue weighted by Crippen LogP contribution is -2.24. The van der Waals surface area contributed by atoms with Crippen molar-refractivity contribution in [2.24, 2.45) is 0 Å². The number of hydrogen-bond donors (Lipinski definition) is 0. The lowest BCUT2D eigenvalue weighted by Gasteiger charge is -2.18. The van der Waals surface area contributed by atoms with E-state index in [4.69, 9.17) is 16.3 Å². The van der Waals surface area contributed by atoms with Gasteiger partial charge in [0, 0.05) is 16.5 Å². The largest absolute Gasteiger partial charge is 0.465 e. The summed E-state index contributed by atoms with van der Waals surface area (Å²) in [5.41, 5.74) is 3.42. The summed E-state index contributed by atoms with van der Waals surface area (Å²) in [5.74, 6) is -0.812. The number of ether oxygens (including phenoxy) is 1. The molecule has 1 unspecified atom stereocenters. The first kappa shape index (κ1) is 20.2. The van der Waals surface area contributed by atoms with Crippen LogP contribution in [0.1, 0.15) is 42.9 Å². The number of hydrogen-bond acceptors (Lipinski definition) is 3. The van der Waals surface area contributed by atoms with Crippen LogP contribution < -0.4 is 5.56 Å². The Labute approximate surface area is 169 Å². The minimum absolute atomic E-state index is 0.142. The molecule has 1 heterocycles. The first-order chi connectivity index (χ1) is 13.4. The summed E-state index contributed by atoms with van der Waals surface area (Å²) in [6.45, 7) is 6.56. The number of pyridine rings is 1. The maximum Gasteiger partial charge on any atom is 0.313 e. The van der Waals surface area contributed by atoms with E-state index in [1.54, 1.807) is 17.6 Å². The fourth-order valence-electron chi connectivity index (χ4n) is 3.27. The molecule has 3 aromatic rings. The second kappa shape index (κ2) is 8.61. The molecule has 0 spiro atoms. The Morgan fingerprint density at radius 1 is 1.14 bits per heavy atom. The molecule has 28 heavy (non-hydrogen) atoms. The van der Waals surface area contributed by atoms with Gasteiger partial charge in [-0.25, -0.2) is 0 Å². The van der Waals surface area contributed by atoms with Crippen molar-refractivity contribution in [2.45, 2.75) is 39.7 Å². The second-order valence-electron chi connectivity index (χ2n) is 7.06. The van der Waals surface area contributed by atoms with Gasteiger partial charge in [0.25, 0.3) is 5.56 Å². The molecule has 1 aromatic heterocycles. The topological polar surface area (TPSA) is 48.3 Å². The Bertz CT molecular complexity index is 1050. The van der Waals surface area contributed by atoms with Gasteiger partial charge in [-0.2, -0.15) is 0 Å². The third kappa shape index (κ3) is 4.28. The van der Waals surface area contributed by atoms with E-state index in [2.05, 4.69) is 0 Å². The van der Waals surface area contributed by atoms with Crippen LogP contribution in [0.3, 0.4) is 0 Å². The molecular formula is C23H24ClNO3. The highest BCUT2D eigenvalue weighted by atomic mass is 35.5. The molecule has 146 valence electrons. The van der Waals surface area contributed by atoms with Crippen LogP contribution in [0.4, 0.5) is 0 Å². The van der Waals surface area contributed by atoms with Crippen molar-refractivity contribution < 1.29 is 9.53 Å². The number of carbonyl (C=O) groups is 1. The molecule has 0 saturated heterocycles. The summed E-state index contributed by atoms with van der Waals surface area (Å²) in [5, 5.41) is 1.56. The number of rotatable bonds is 6. The minimum Gasteiger partial charge on any atom is -0.465 e. The quantitative estimate of drug-likeness (QED) is 0.545. The van der Waals surface area contributed by atoms with Crippen molar-refractivity contribution in [2.75, 3.05) is 6.61 Å². The highest BCUT2D eigenvalue weighted by molar-refractivity contribution is 6.30. The van der Waals surface area contributed by atoms with Crippen molar-refractivity contribution in [3.8, 4) is 0 Å². The maximum absolute atomic E-state index is 12.9. The molecule has 0 amide bonds. The molecule has 0 N–H and O–H groups in total. The van der Waals surface area contributed by atoms with Crippen LogP contribution in [-0.2, 0) is 16.1 Å². The van der Waals surface area contributed by atoms with E-state index in [1.807, 2.05) is 56.3 Å². The molecule has 0 aliphatic carbocycles. The fraction of sp³-hybridized carbons (Fsp3) is 0.304. The van der Waals surface area contributed by atoms with Gasteiger partial charge in [0.15, 0.2) is 0 Å². The maximum atomic E-state index is 12.9. The SMILES string of the molecule is CCCOC(=O)C(C)c1cc(=O)n(Cc2ccc(Cl)cc2)c2ccc(C)cc12. The van der Waals surface area contributed by atoms with Gasteiger partial charge >= 0.3 is 5.97 Å². The van der Waals surface area contributed by atoms with Crippen molar-refractivity contribution in [3.05, 3.63) is 80.6 Å². The fourth-order valence-corrected chi connectivity index (χ4v) is 3.40. The molecule has 0 fully saturated rings. The van der Waals surface area contributed by atoms with Crippen LogP contribution in [-0.4, -0.2) is 17.1 Å². The first-order valence-electron chi connectivity index (χ1n) is 9.46. The number of carbonyl (C=O) groups excluding carboxylic acids is 1. The molecule has 0 saturated carbocycles. The van der Waals surface area contributed by atoms with Crippen molar-refractivity contribution in [3.63, 3.8) is 0 Å². The van der Waals surface area contributed by atoms with E-state index in [1.165, 1.54) is 0 Å². The number of halogens is 1. The standard InChI is InChI=1S/C23H24ClNO3/c1-4-11-28-23(27)16(3)19-13-22(26)25(14-17-6-8-18(24)9-7-17)21-10-5-15(2)12-20(19)21/h5-10,12-13,16H,4,11,14H2,1-3H3. The Balaban J connectivity index is 2.10. The number of esters is 1. The molecule has 2 aromatic carbocycles. The lowest BCUT2D eigenvalue weighted by atomic mass is 9.96. The highest BCUT2D eigenvalue weighted by Gasteiger charge is 2.21. The number of nitrogens with zero attached hydrogens (tertiary/aromatic N) is 1. The molecule has 0 aliphatic rings. The number of aromatic nitrogens is 1. The Morgan fingerprint density at radius 3 is 2.54 bits per heavy atom. The molecule has 1 atom stereocenters. The van der Waals surface area contributed by atoms with Crippen molar-refractivity contribution in [1.82, 2.24) is 4.57 Å². The summed E-state index contributed by atoms with van der Waals surface area (Å²) in [7, 11) is 0. The van der Waals surface area contributed by atoms with E-state index in [0.717, 1.165) is 28.5 Å². The van der Waals surface area contributed by atoms with Crippen LogP contribution in [0.5, 0.6) is 0 Å².